The van der Waals surface area contributed by atoms with Crippen LogP contribution < -0.4 is 0 Å². The second kappa shape index (κ2) is 5.95. The maximum absolute atomic E-state index is 12.8. The second-order valence-corrected chi connectivity index (χ2v) is 5.58. The normalized spacial score (nSPS) is 11.9. The van der Waals surface area contributed by atoms with Gasteiger partial charge >= 0.3 is 6.18 Å². The van der Waals surface area contributed by atoms with Crippen molar-refractivity contribution < 1.29 is 13.2 Å². The highest BCUT2D eigenvalue weighted by Crippen LogP contribution is 2.35. The molecule has 0 saturated heterocycles. The van der Waals surface area contributed by atoms with Gasteiger partial charge in [-0.3, -0.25) is 0 Å². The zero-order valence-corrected chi connectivity index (χ0v) is 13.0. The summed E-state index contributed by atoms with van der Waals surface area (Å²) in [5.41, 5.74) is -0.457. The Morgan fingerprint density at radius 2 is 2.00 bits per heavy atom. The average Bonchev–Trinajstić information content (AvgIpc) is 2.66. The molecule has 0 atom stereocenters. The van der Waals surface area contributed by atoms with E-state index in [2.05, 4.69) is 21.0 Å². The van der Waals surface area contributed by atoms with Gasteiger partial charge in [-0.1, -0.05) is 39.7 Å². The number of rotatable bonds is 3. The third kappa shape index (κ3) is 3.30. The SMILES string of the molecule is FC(F)(F)c1nn(Cc2cccc(Br)c2)c(Cl)c1CCl. The number of halogens is 6. The maximum Gasteiger partial charge on any atom is 0.435 e. The standard InChI is InChI=1S/C12H8BrCl2F3N2/c13-8-3-1-2-7(4-8)6-20-11(15)9(5-14)10(19-20)12(16,17)18/h1-4H,5-6H2. The summed E-state index contributed by atoms with van der Waals surface area (Å²) in [6.07, 6.45) is -4.57. The summed E-state index contributed by atoms with van der Waals surface area (Å²) < 4.78 is 40.4. The minimum absolute atomic E-state index is 0.0905. The second-order valence-electron chi connectivity index (χ2n) is 4.04. The van der Waals surface area contributed by atoms with Gasteiger partial charge in [-0.2, -0.15) is 18.3 Å². The molecule has 0 saturated carbocycles. The molecule has 0 aliphatic heterocycles. The van der Waals surface area contributed by atoms with Crippen molar-refractivity contribution in [1.82, 2.24) is 9.78 Å². The van der Waals surface area contributed by atoms with E-state index in [0.29, 0.717) is 0 Å². The predicted molar refractivity (Wildman–Crippen MR) is 75.0 cm³/mol. The van der Waals surface area contributed by atoms with Crippen molar-refractivity contribution in [1.29, 1.82) is 0 Å². The monoisotopic (exact) mass is 386 g/mol. The number of nitrogens with zero attached hydrogens (tertiary/aromatic N) is 2. The molecular weight excluding hydrogens is 380 g/mol. The van der Waals surface area contributed by atoms with Gasteiger partial charge < -0.3 is 0 Å². The molecule has 1 aromatic heterocycles. The molecule has 20 heavy (non-hydrogen) atoms. The molecule has 0 N–H and O–H groups in total. The van der Waals surface area contributed by atoms with E-state index in [1.807, 2.05) is 6.07 Å². The van der Waals surface area contributed by atoms with Crippen molar-refractivity contribution in [2.24, 2.45) is 0 Å². The van der Waals surface area contributed by atoms with Gasteiger partial charge in [0.25, 0.3) is 0 Å². The lowest BCUT2D eigenvalue weighted by atomic mass is 10.2. The van der Waals surface area contributed by atoms with Crippen molar-refractivity contribution in [3.8, 4) is 0 Å². The summed E-state index contributed by atoms with van der Waals surface area (Å²) in [7, 11) is 0. The van der Waals surface area contributed by atoms with Crippen molar-refractivity contribution in [3.05, 3.63) is 50.7 Å². The van der Waals surface area contributed by atoms with Crippen LogP contribution >= 0.6 is 39.1 Å². The van der Waals surface area contributed by atoms with Crippen LogP contribution in [0, 0.1) is 0 Å². The molecular formula is C12H8BrCl2F3N2. The fourth-order valence-corrected chi connectivity index (χ4v) is 2.76. The van der Waals surface area contributed by atoms with Gasteiger partial charge in [-0.05, 0) is 17.7 Å². The van der Waals surface area contributed by atoms with Crippen molar-refractivity contribution >= 4 is 39.1 Å². The summed E-state index contributed by atoms with van der Waals surface area (Å²) in [5.74, 6) is -0.341. The zero-order valence-electron chi connectivity index (χ0n) is 9.89. The Bertz CT molecular complexity index is 626. The first-order valence-electron chi connectivity index (χ1n) is 5.45. The van der Waals surface area contributed by atoms with Crippen LogP contribution in [0.2, 0.25) is 5.15 Å². The van der Waals surface area contributed by atoms with Crippen LogP contribution in [0.3, 0.4) is 0 Å². The molecule has 8 heteroatoms. The van der Waals surface area contributed by atoms with Crippen LogP contribution in [0.15, 0.2) is 28.7 Å². The Morgan fingerprint density at radius 3 is 2.50 bits per heavy atom. The van der Waals surface area contributed by atoms with Gasteiger partial charge in [0.2, 0.25) is 0 Å². The maximum atomic E-state index is 12.8. The van der Waals surface area contributed by atoms with Gasteiger partial charge in [-0.25, -0.2) is 4.68 Å². The van der Waals surface area contributed by atoms with Gasteiger partial charge in [-0.15, -0.1) is 11.6 Å². The molecule has 0 fully saturated rings. The fraction of sp³-hybridized carbons (Fsp3) is 0.250. The molecule has 0 radical (unpaired) electrons. The molecule has 0 aliphatic rings. The lowest BCUT2D eigenvalue weighted by molar-refractivity contribution is -0.142. The Labute approximate surface area is 131 Å². The summed E-state index contributed by atoms with van der Waals surface area (Å²) in [5, 5.41) is 3.45. The molecule has 2 nitrogen and oxygen atoms in total. The van der Waals surface area contributed by atoms with E-state index in [0.717, 1.165) is 14.7 Å². The highest BCUT2D eigenvalue weighted by Gasteiger charge is 2.38. The molecule has 1 heterocycles. The lowest BCUT2D eigenvalue weighted by Gasteiger charge is -2.04. The Kier molecular flexibility index (Phi) is 4.66. The molecule has 0 unspecified atom stereocenters. The Balaban J connectivity index is 2.41. The van der Waals surface area contributed by atoms with Crippen molar-refractivity contribution in [3.63, 3.8) is 0 Å². The van der Waals surface area contributed by atoms with Crippen LogP contribution in [0.5, 0.6) is 0 Å². The molecule has 0 aliphatic carbocycles. The van der Waals surface area contributed by atoms with Crippen LogP contribution in [-0.2, 0) is 18.6 Å². The van der Waals surface area contributed by atoms with Crippen LogP contribution in [-0.4, -0.2) is 9.78 Å². The molecule has 2 aromatic rings. The van der Waals surface area contributed by atoms with Crippen LogP contribution in [0.4, 0.5) is 13.2 Å². The van der Waals surface area contributed by atoms with E-state index in [-0.39, 0.29) is 23.1 Å². The summed E-state index contributed by atoms with van der Waals surface area (Å²) in [6.45, 7) is 0.137. The van der Waals surface area contributed by atoms with Crippen molar-refractivity contribution in [2.45, 2.75) is 18.6 Å². The molecule has 2 rings (SSSR count). The predicted octanol–water partition coefficient (Wildman–Crippen LogP) is 5.10. The van der Waals surface area contributed by atoms with Gasteiger partial charge in [0, 0.05) is 10.0 Å². The summed E-state index contributed by atoms with van der Waals surface area (Å²) in [4.78, 5) is 0. The summed E-state index contributed by atoms with van der Waals surface area (Å²) in [6, 6.07) is 7.16. The first kappa shape index (κ1) is 15.7. The van der Waals surface area contributed by atoms with E-state index in [1.54, 1.807) is 18.2 Å². The minimum Gasteiger partial charge on any atom is -0.249 e. The minimum atomic E-state index is -4.57. The lowest BCUT2D eigenvalue weighted by Crippen LogP contribution is -2.10. The van der Waals surface area contributed by atoms with E-state index in [1.165, 1.54) is 0 Å². The van der Waals surface area contributed by atoms with Crippen LogP contribution in [0.1, 0.15) is 16.8 Å². The van der Waals surface area contributed by atoms with Gasteiger partial charge in [0.1, 0.15) is 5.15 Å². The highest BCUT2D eigenvalue weighted by atomic mass is 79.9. The smallest absolute Gasteiger partial charge is 0.249 e. The number of alkyl halides is 4. The average molecular weight is 388 g/mol. The Morgan fingerprint density at radius 1 is 1.30 bits per heavy atom. The first-order valence-corrected chi connectivity index (χ1v) is 7.16. The van der Waals surface area contributed by atoms with E-state index >= 15 is 0 Å². The molecule has 0 bridgehead atoms. The number of hydrogen-bond acceptors (Lipinski definition) is 1. The number of hydrogen-bond donors (Lipinski definition) is 0. The Hall–Kier alpha value is -0.720. The van der Waals surface area contributed by atoms with Crippen molar-refractivity contribution in [2.75, 3.05) is 0 Å². The number of aromatic nitrogens is 2. The third-order valence-electron chi connectivity index (χ3n) is 2.61. The fourth-order valence-electron chi connectivity index (χ4n) is 1.74. The largest absolute Gasteiger partial charge is 0.435 e. The molecule has 0 spiro atoms. The molecule has 1 aromatic carbocycles. The first-order chi connectivity index (χ1) is 9.32. The topological polar surface area (TPSA) is 17.8 Å². The van der Waals surface area contributed by atoms with E-state index < -0.39 is 11.9 Å². The van der Waals surface area contributed by atoms with Crippen LogP contribution in [0.25, 0.3) is 0 Å². The van der Waals surface area contributed by atoms with E-state index in [9.17, 15) is 13.2 Å². The van der Waals surface area contributed by atoms with Gasteiger partial charge in [0.05, 0.1) is 12.4 Å². The van der Waals surface area contributed by atoms with E-state index in [4.69, 9.17) is 23.2 Å². The zero-order chi connectivity index (χ0) is 14.9. The third-order valence-corrected chi connectivity index (χ3v) is 3.79. The molecule has 108 valence electrons. The quantitative estimate of drug-likeness (QED) is 0.669. The highest BCUT2D eigenvalue weighted by molar-refractivity contribution is 9.10. The summed E-state index contributed by atoms with van der Waals surface area (Å²) >= 11 is 14.8. The molecule has 0 amide bonds. The number of benzene rings is 1. The van der Waals surface area contributed by atoms with Gasteiger partial charge in [0.15, 0.2) is 5.69 Å².